The van der Waals surface area contributed by atoms with Gasteiger partial charge in [0.05, 0.1) is 24.0 Å². The molecule has 0 unspecified atom stereocenters. The minimum absolute atomic E-state index is 0.243. The number of rotatable bonds is 3. The van der Waals surface area contributed by atoms with Crippen LogP contribution in [0, 0.1) is 6.92 Å². The van der Waals surface area contributed by atoms with Crippen LogP contribution < -0.4 is 10.2 Å². The normalized spacial score (nSPS) is 21.0. The number of amides is 1. The molecule has 0 aromatic carbocycles. The van der Waals surface area contributed by atoms with E-state index in [0.29, 0.717) is 19.5 Å². The third-order valence-electron chi connectivity index (χ3n) is 3.85. The van der Waals surface area contributed by atoms with Gasteiger partial charge in [0.1, 0.15) is 11.5 Å². The van der Waals surface area contributed by atoms with Crippen LogP contribution in [0.25, 0.3) is 0 Å². The number of carbonyl (C=O) groups excluding carboxylic acids is 1. The first-order valence-electron chi connectivity index (χ1n) is 7.42. The average Bonchev–Trinajstić information content (AvgIpc) is 2.58. The predicted molar refractivity (Wildman–Crippen MR) is 82.9 cm³/mol. The topological polar surface area (TPSA) is 104 Å². The molecule has 2 aromatic rings. The number of aryl methyl sites for hydroxylation is 1. The van der Waals surface area contributed by atoms with Crippen molar-refractivity contribution in [2.45, 2.75) is 25.5 Å². The molecule has 0 spiro atoms. The van der Waals surface area contributed by atoms with Crippen molar-refractivity contribution in [3.05, 3.63) is 42.4 Å². The van der Waals surface area contributed by atoms with E-state index in [2.05, 4.69) is 25.3 Å². The summed E-state index contributed by atoms with van der Waals surface area (Å²) in [7, 11) is 0. The molecule has 8 heteroatoms. The molecule has 1 aliphatic heterocycles. The number of hydrogen-bond acceptors (Lipinski definition) is 7. The molecule has 1 saturated heterocycles. The van der Waals surface area contributed by atoms with Gasteiger partial charge < -0.3 is 15.3 Å². The van der Waals surface area contributed by atoms with Crippen LogP contribution in [0.5, 0.6) is 0 Å². The van der Waals surface area contributed by atoms with Crippen molar-refractivity contribution in [2.24, 2.45) is 0 Å². The van der Waals surface area contributed by atoms with Crippen LogP contribution in [0.1, 0.15) is 22.6 Å². The smallest absolute Gasteiger partial charge is 0.271 e. The Morgan fingerprint density at radius 3 is 2.74 bits per heavy atom. The number of nitrogens with one attached hydrogen (secondary N) is 1. The molecule has 2 aromatic heterocycles. The Morgan fingerprint density at radius 2 is 2.04 bits per heavy atom. The van der Waals surface area contributed by atoms with E-state index in [1.807, 2.05) is 11.8 Å². The molecule has 3 rings (SSSR count). The van der Waals surface area contributed by atoms with Gasteiger partial charge in [0.2, 0.25) is 0 Å². The Kier molecular flexibility index (Phi) is 4.42. The molecule has 2 N–H and O–H groups in total. The van der Waals surface area contributed by atoms with Crippen LogP contribution in [0.3, 0.4) is 0 Å². The zero-order chi connectivity index (χ0) is 16.2. The van der Waals surface area contributed by atoms with Crippen LogP contribution in [0.2, 0.25) is 0 Å². The van der Waals surface area contributed by atoms with Crippen molar-refractivity contribution >= 4 is 11.7 Å². The number of β-amino-alcohol motifs (C(OH)–C–C–N with tert-alkyl or cyclic N) is 1. The standard InChI is InChI=1S/C15H18N6O2/c1-10-14(19-6-5-17-10)21-7-2-11(13(22)9-21)20-15(23)12-8-16-3-4-18-12/h3-6,8,11,13,22H,2,7,9H2,1H3,(H,20,23)/t11-,13-/m1/s1. The lowest BCUT2D eigenvalue weighted by Crippen LogP contribution is -2.54. The highest BCUT2D eigenvalue weighted by molar-refractivity contribution is 5.92. The zero-order valence-electron chi connectivity index (χ0n) is 12.8. The van der Waals surface area contributed by atoms with E-state index in [0.717, 1.165) is 11.5 Å². The van der Waals surface area contributed by atoms with Crippen LogP contribution >= 0.6 is 0 Å². The third-order valence-corrected chi connectivity index (χ3v) is 3.85. The van der Waals surface area contributed by atoms with Gasteiger partial charge in [-0.1, -0.05) is 0 Å². The van der Waals surface area contributed by atoms with Crippen molar-refractivity contribution < 1.29 is 9.90 Å². The summed E-state index contributed by atoms with van der Waals surface area (Å²) in [6.45, 7) is 2.96. The number of piperidine rings is 1. The lowest BCUT2D eigenvalue weighted by Gasteiger charge is -2.37. The third kappa shape index (κ3) is 3.42. The average molecular weight is 314 g/mol. The van der Waals surface area contributed by atoms with Crippen molar-refractivity contribution in [3.8, 4) is 0 Å². The number of hydrogen-bond donors (Lipinski definition) is 2. The van der Waals surface area contributed by atoms with Crippen molar-refractivity contribution in [3.63, 3.8) is 0 Å². The number of carbonyl (C=O) groups is 1. The van der Waals surface area contributed by atoms with E-state index in [4.69, 9.17) is 0 Å². The fraction of sp³-hybridized carbons (Fsp3) is 0.400. The highest BCUT2D eigenvalue weighted by atomic mass is 16.3. The maximum Gasteiger partial charge on any atom is 0.271 e. The molecular weight excluding hydrogens is 296 g/mol. The summed E-state index contributed by atoms with van der Waals surface area (Å²) in [5, 5.41) is 13.2. The van der Waals surface area contributed by atoms with Crippen LogP contribution in [0.4, 0.5) is 5.82 Å². The van der Waals surface area contributed by atoms with Crippen LogP contribution in [-0.4, -0.2) is 56.2 Å². The molecule has 8 nitrogen and oxygen atoms in total. The second-order valence-electron chi connectivity index (χ2n) is 5.44. The summed E-state index contributed by atoms with van der Waals surface area (Å²) in [5.41, 5.74) is 1.06. The van der Waals surface area contributed by atoms with Gasteiger partial charge in [-0.2, -0.15) is 0 Å². The minimum Gasteiger partial charge on any atom is -0.389 e. The summed E-state index contributed by atoms with van der Waals surface area (Å²) in [6, 6.07) is -0.322. The van der Waals surface area contributed by atoms with Gasteiger partial charge in [-0.3, -0.25) is 14.8 Å². The maximum absolute atomic E-state index is 12.1. The Hall–Kier alpha value is -2.61. The van der Waals surface area contributed by atoms with E-state index < -0.39 is 6.10 Å². The van der Waals surface area contributed by atoms with Crippen molar-refractivity contribution in [1.29, 1.82) is 0 Å². The highest BCUT2D eigenvalue weighted by Crippen LogP contribution is 2.20. The fourth-order valence-electron chi connectivity index (χ4n) is 2.66. The molecule has 3 heterocycles. The molecule has 23 heavy (non-hydrogen) atoms. The van der Waals surface area contributed by atoms with Crippen LogP contribution in [-0.2, 0) is 0 Å². The molecule has 1 fully saturated rings. The number of aliphatic hydroxyl groups excluding tert-OH is 1. The predicted octanol–water partition coefficient (Wildman–Crippen LogP) is -0.0554. The van der Waals surface area contributed by atoms with Gasteiger partial charge in [0.15, 0.2) is 0 Å². The van der Waals surface area contributed by atoms with Gasteiger partial charge >= 0.3 is 0 Å². The lowest BCUT2D eigenvalue weighted by atomic mass is 10.0. The van der Waals surface area contributed by atoms with E-state index in [-0.39, 0.29) is 17.6 Å². The first-order valence-corrected chi connectivity index (χ1v) is 7.42. The summed E-state index contributed by atoms with van der Waals surface area (Å²) in [5.74, 6) is 0.441. The maximum atomic E-state index is 12.1. The molecule has 120 valence electrons. The Balaban J connectivity index is 1.63. The van der Waals surface area contributed by atoms with E-state index in [9.17, 15) is 9.90 Å². The Morgan fingerprint density at radius 1 is 1.26 bits per heavy atom. The van der Waals surface area contributed by atoms with Gasteiger partial charge in [0, 0.05) is 37.9 Å². The molecule has 0 aliphatic carbocycles. The second-order valence-corrected chi connectivity index (χ2v) is 5.44. The summed E-state index contributed by atoms with van der Waals surface area (Å²) >= 11 is 0. The first-order chi connectivity index (χ1) is 11.1. The Bertz CT molecular complexity index is 681. The van der Waals surface area contributed by atoms with Gasteiger partial charge in [-0.25, -0.2) is 9.97 Å². The SMILES string of the molecule is Cc1nccnc1N1CC[C@@H](NC(=O)c2cnccn2)[C@H](O)C1. The lowest BCUT2D eigenvalue weighted by molar-refractivity contribution is 0.0793. The summed E-state index contributed by atoms with van der Waals surface area (Å²) in [6.07, 6.45) is 7.58. The summed E-state index contributed by atoms with van der Waals surface area (Å²) < 4.78 is 0. The monoisotopic (exact) mass is 314 g/mol. The van der Waals surface area contributed by atoms with E-state index in [1.54, 1.807) is 12.4 Å². The molecular formula is C15H18N6O2. The molecule has 1 amide bonds. The minimum atomic E-state index is -0.689. The number of aromatic nitrogens is 4. The van der Waals surface area contributed by atoms with Gasteiger partial charge in [-0.15, -0.1) is 0 Å². The fourth-order valence-corrected chi connectivity index (χ4v) is 2.66. The largest absolute Gasteiger partial charge is 0.389 e. The zero-order valence-corrected chi connectivity index (χ0v) is 12.8. The van der Waals surface area contributed by atoms with Crippen LogP contribution in [0.15, 0.2) is 31.0 Å². The first kappa shape index (κ1) is 15.3. The molecule has 0 radical (unpaired) electrons. The number of aliphatic hydroxyl groups is 1. The quantitative estimate of drug-likeness (QED) is 0.818. The number of nitrogens with zero attached hydrogens (tertiary/aromatic N) is 5. The molecule has 1 aliphatic rings. The van der Waals surface area contributed by atoms with E-state index >= 15 is 0 Å². The second kappa shape index (κ2) is 6.66. The van der Waals surface area contributed by atoms with Gasteiger partial charge in [0.25, 0.3) is 5.91 Å². The van der Waals surface area contributed by atoms with E-state index in [1.165, 1.54) is 18.6 Å². The number of anilines is 1. The highest BCUT2D eigenvalue weighted by Gasteiger charge is 2.30. The Labute approximate surface area is 133 Å². The van der Waals surface area contributed by atoms with Crippen molar-refractivity contribution in [1.82, 2.24) is 25.3 Å². The molecule has 0 bridgehead atoms. The molecule has 0 saturated carbocycles. The molecule has 2 atom stereocenters. The summed E-state index contributed by atoms with van der Waals surface area (Å²) in [4.78, 5) is 30.4. The van der Waals surface area contributed by atoms with Gasteiger partial charge in [-0.05, 0) is 13.3 Å². The van der Waals surface area contributed by atoms with Crippen molar-refractivity contribution in [2.75, 3.05) is 18.0 Å².